The van der Waals surface area contributed by atoms with Gasteiger partial charge in [-0.15, -0.1) is 0 Å². The van der Waals surface area contributed by atoms with Crippen LogP contribution in [0.15, 0.2) is 28.8 Å². The SMILES string of the molecule is O=C([O-])c1cc(-c2ccc(Cl)c(Cl)c2)on1. The molecule has 82 valence electrons. The van der Waals surface area contributed by atoms with E-state index in [1.54, 1.807) is 18.2 Å². The van der Waals surface area contributed by atoms with E-state index in [0.29, 0.717) is 15.6 Å². The van der Waals surface area contributed by atoms with Crippen molar-refractivity contribution in [1.29, 1.82) is 0 Å². The normalized spacial score (nSPS) is 10.4. The van der Waals surface area contributed by atoms with Gasteiger partial charge in [0.15, 0.2) is 5.76 Å². The minimum Gasteiger partial charge on any atom is -0.543 e. The first-order chi connectivity index (χ1) is 7.58. The van der Waals surface area contributed by atoms with Gasteiger partial charge in [-0.2, -0.15) is 0 Å². The molecule has 1 aromatic heterocycles. The Balaban J connectivity index is 2.42. The van der Waals surface area contributed by atoms with Gasteiger partial charge in [0.2, 0.25) is 0 Å². The van der Waals surface area contributed by atoms with Gasteiger partial charge in [-0.3, -0.25) is 0 Å². The first-order valence-electron chi connectivity index (χ1n) is 4.21. The van der Waals surface area contributed by atoms with Gasteiger partial charge in [0.05, 0.1) is 16.0 Å². The average molecular weight is 257 g/mol. The van der Waals surface area contributed by atoms with Crippen LogP contribution in [0.3, 0.4) is 0 Å². The number of halogens is 2. The van der Waals surface area contributed by atoms with Crippen molar-refractivity contribution in [1.82, 2.24) is 5.16 Å². The van der Waals surface area contributed by atoms with Crippen molar-refractivity contribution in [3.63, 3.8) is 0 Å². The quantitative estimate of drug-likeness (QED) is 0.825. The second kappa shape index (κ2) is 4.15. The van der Waals surface area contributed by atoms with Crippen LogP contribution < -0.4 is 5.11 Å². The first-order valence-corrected chi connectivity index (χ1v) is 4.97. The highest BCUT2D eigenvalue weighted by Crippen LogP contribution is 2.28. The Morgan fingerprint density at radius 3 is 2.56 bits per heavy atom. The minimum absolute atomic E-state index is 0.263. The number of hydrogen-bond acceptors (Lipinski definition) is 4. The molecule has 0 unspecified atom stereocenters. The van der Waals surface area contributed by atoms with Crippen LogP contribution in [0.1, 0.15) is 10.5 Å². The van der Waals surface area contributed by atoms with Crippen molar-refractivity contribution < 1.29 is 14.4 Å². The third kappa shape index (κ3) is 2.03. The molecule has 6 heteroatoms. The predicted molar refractivity (Wildman–Crippen MR) is 56.3 cm³/mol. The van der Waals surface area contributed by atoms with Gasteiger partial charge < -0.3 is 14.4 Å². The summed E-state index contributed by atoms with van der Waals surface area (Å²) in [6.45, 7) is 0. The second-order valence-electron chi connectivity index (χ2n) is 2.99. The fraction of sp³-hybridized carbons (Fsp3) is 0. The Morgan fingerprint density at radius 1 is 1.25 bits per heavy atom. The highest BCUT2D eigenvalue weighted by molar-refractivity contribution is 6.42. The highest BCUT2D eigenvalue weighted by Gasteiger charge is 2.08. The van der Waals surface area contributed by atoms with Crippen LogP contribution in [0.4, 0.5) is 0 Å². The maximum Gasteiger partial charge on any atom is 0.167 e. The van der Waals surface area contributed by atoms with E-state index in [-0.39, 0.29) is 11.5 Å². The predicted octanol–water partition coefficient (Wildman–Crippen LogP) is 2.01. The molecule has 0 aliphatic heterocycles. The number of benzene rings is 1. The lowest BCUT2D eigenvalue weighted by atomic mass is 10.1. The van der Waals surface area contributed by atoms with Gasteiger partial charge >= 0.3 is 0 Å². The number of hydrogen-bond donors (Lipinski definition) is 0. The van der Waals surface area contributed by atoms with E-state index in [1.165, 1.54) is 6.07 Å². The van der Waals surface area contributed by atoms with E-state index < -0.39 is 5.97 Å². The Hall–Kier alpha value is -1.52. The van der Waals surface area contributed by atoms with Gasteiger partial charge in [0.1, 0.15) is 5.69 Å². The molecule has 1 heterocycles. The monoisotopic (exact) mass is 256 g/mol. The molecule has 2 aromatic rings. The van der Waals surface area contributed by atoms with Crippen molar-refractivity contribution in [2.75, 3.05) is 0 Å². The van der Waals surface area contributed by atoms with Crippen LogP contribution in [-0.4, -0.2) is 11.1 Å². The van der Waals surface area contributed by atoms with Crippen LogP contribution in [0, 0.1) is 0 Å². The summed E-state index contributed by atoms with van der Waals surface area (Å²) in [5.74, 6) is -1.10. The Labute approximate surface area is 100 Å². The molecule has 0 radical (unpaired) electrons. The van der Waals surface area contributed by atoms with Crippen LogP contribution in [0.25, 0.3) is 11.3 Å². The lowest BCUT2D eigenvalue weighted by Crippen LogP contribution is -2.22. The summed E-state index contributed by atoms with van der Waals surface area (Å²) in [5, 5.41) is 14.6. The summed E-state index contributed by atoms with van der Waals surface area (Å²) in [4.78, 5) is 10.5. The molecule has 16 heavy (non-hydrogen) atoms. The topological polar surface area (TPSA) is 66.2 Å². The molecule has 0 N–H and O–H groups in total. The number of carboxylic acids is 1. The fourth-order valence-corrected chi connectivity index (χ4v) is 1.45. The van der Waals surface area contributed by atoms with E-state index >= 15 is 0 Å². The number of carbonyl (C=O) groups excluding carboxylic acids is 1. The standard InChI is InChI=1S/C10H5Cl2NO3/c11-6-2-1-5(3-7(6)12)9-4-8(10(14)15)13-16-9/h1-4H,(H,14,15)/p-1. The highest BCUT2D eigenvalue weighted by atomic mass is 35.5. The molecule has 0 fully saturated rings. The Morgan fingerprint density at radius 2 is 2.00 bits per heavy atom. The smallest absolute Gasteiger partial charge is 0.167 e. The Kier molecular flexibility index (Phi) is 2.85. The van der Waals surface area contributed by atoms with E-state index in [2.05, 4.69) is 5.16 Å². The largest absolute Gasteiger partial charge is 0.543 e. The van der Waals surface area contributed by atoms with Crippen LogP contribution in [0.2, 0.25) is 10.0 Å². The lowest BCUT2D eigenvalue weighted by molar-refractivity contribution is -0.255. The van der Waals surface area contributed by atoms with Crippen LogP contribution in [-0.2, 0) is 0 Å². The molecule has 0 amide bonds. The third-order valence-electron chi connectivity index (χ3n) is 1.92. The zero-order chi connectivity index (χ0) is 11.7. The van der Waals surface area contributed by atoms with Crippen molar-refractivity contribution in [3.05, 3.63) is 40.0 Å². The third-order valence-corrected chi connectivity index (χ3v) is 2.66. The van der Waals surface area contributed by atoms with Gasteiger partial charge in [-0.1, -0.05) is 28.4 Å². The van der Waals surface area contributed by atoms with E-state index in [1.807, 2.05) is 0 Å². The van der Waals surface area contributed by atoms with Crippen LogP contribution in [0.5, 0.6) is 0 Å². The molecule has 0 spiro atoms. The first kappa shape index (κ1) is 11.0. The number of aromatic nitrogens is 1. The summed E-state index contributed by atoms with van der Waals surface area (Å²) in [7, 11) is 0. The summed E-state index contributed by atoms with van der Waals surface area (Å²) >= 11 is 11.6. The molecule has 2 rings (SSSR count). The maximum absolute atomic E-state index is 10.5. The molecular weight excluding hydrogens is 253 g/mol. The number of rotatable bonds is 2. The Bertz CT molecular complexity index is 551. The molecule has 0 aliphatic rings. The number of carbonyl (C=O) groups is 1. The lowest BCUT2D eigenvalue weighted by Gasteiger charge is -1.98. The van der Waals surface area contributed by atoms with E-state index in [9.17, 15) is 9.90 Å². The number of aromatic carboxylic acids is 1. The summed E-state index contributed by atoms with van der Waals surface area (Å²) < 4.78 is 4.83. The zero-order valence-corrected chi connectivity index (χ0v) is 9.25. The maximum atomic E-state index is 10.5. The molecule has 0 bridgehead atoms. The van der Waals surface area contributed by atoms with Crippen molar-refractivity contribution in [2.24, 2.45) is 0 Å². The summed E-state index contributed by atoms with van der Waals surface area (Å²) in [6, 6.07) is 6.05. The number of carboxylic acid groups (broad SMARTS) is 1. The van der Waals surface area contributed by atoms with Crippen molar-refractivity contribution in [3.8, 4) is 11.3 Å². The summed E-state index contributed by atoms with van der Waals surface area (Å²) in [6.07, 6.45) is 0. The molecule has 0 aliphatic carbocycles. The molecule has 0 saturated carbocycles. The van der Waals surface area contributed by atoms with Crippen molar-refractivity contribution in [2.45, 2.75) is 0 Å². The van der Waals surface area contributed by atoms with Gasteiger partial charge in [-0.05, 0) is 18.2 Å². The van der Waals surface area contributed by atoms with Gasteiger partial charge in [-0.25, -0.2) is 0 Å². The number of nitrogens with zero attached hydrogens (tertiary/aromatic N) is 1. The molecular formula is C10H4Cl2NO3-. The fourth-order valence-electron chi connectivity index (χ4n) is 1.16. The molecule has 0 saturated heterocycles. The van der Waals surface area contributed by atoms with Gasteiger partial charge in [0, 0.05) is 11.6 Å². The average Bonchev–Trinajstić information content (AvgIpc) is 2.71. The second-order valence-corrected chi connectivity index (χ2v) is 3.81. The molecule has 1 aromatic carbocycles. The molecule has 0 atom stereocenters. The van der Waals surface area contributed by atoms with E-state index in [4.69, 9.17) is 27.7 Å². The van der Waals surface area contributed by atoms with Gasteiger partial charge in [0.25, 0.3) is 0 Å². The zero-order valence-electron chi connectivity index (χ0n) is 7.74. The summed E-state index contributed by atoms with van der Waals surface area (Å²) in [5.41, 5.74) is 0.329. The molecule has 4 nitrogen and oxygen atoms in total. The van der Waals surface area contributed by atoms with E-state index in [0.717, 1.165) is 0 Å². The minimum atomic E-state index is -1.39. The van der Waals surface area contributed by atoms with Crippen LogP contribution >= 0.6 is 23.2 Å². The van der Waals surface area contributed by atoms with Crippen molar-refractivity contribution >= 4 is 29.2 Å².